The minimum absolute atomic E-state index is 0.0258. The smallest absolute Gasteiger partial charge is 0.252 e. The summed E-state index contributed by atoms with van der Waals surface area (Å²) in [4.78, 5) is 5.31. The summed E-state index contributed by atoms with van der Waals surface area (Å²) in [5.41, 5.74) is 25.7. The fourth-order valence-electron chi connectivity index (χ4n) is 13.4. The highest BCUT2D eigenvalue weighted by molar-refractivity contribution is 7.00. The zero-order valence-electron chi connectivity index (χ0n) is 42.0. The van der Waals surface area contributed by atoms with Crippen LogP contribution in [-0.4, -0.2) is 6.71 Å². The molecule has 3 heterocycles. The van der Waals surface area contributed by atoms with Crippen molar-refractivity contribution in [2.24, 2.45) is 0 Å². The summed E-state index contributed by atoms with van der Waals surface area (Å²) < 4.78 is 7.18. The Kier molecular flexibility index (Phi) is 8.73. The minimum Gasteiger partial charge on any atom is -0.454 e. The quantitative estimate of drug-likeness (QED) is 0.165. The zero-order valence-corrected chi connectivity index (χ0v) is 42.0. The summed E-state index contributed by atoms with van der Waals surface area (Å²) in [5.74, 6) is 0. The molecule has 0 fully saturated rings. The first-order valence-corrected chi connectivity index (χ1v) is 24.9. The van der Waals surface area contributed by atoms with Gasteiger partial charge < -0.3 is 14.2 Å². The van der Waals surface area contributed by atoms with Gasteiger partial charge in [-0.25, -0.2) is 0 Å². The van der Waals surface area contributed by atoms with E-state index >= 15 is 0 Å². The van der Waals surface area contributed by atoms with Crippen LogP contribution >= 0.6 is 0 Å². The summed E-state index contributed by atoms with van der Waals surface area (Å²) in [7, 11) is 0. The second-order valence-electron chi connectivity index (χ2n) is 24.5. The molecule has 8 aromatic rings. The number of rotatable bonds is 3. The van der Waals surface area contributed by atoms with E-state index < -0.39 is 0 Å². The molecular weight excluding hydrogens is 812 g/mol. The average Bonchev–Trinajstić information content (AvgIpc) is 3.74. The lowest BCUT2D eigenvalue weighted by Crippen LogP contribution is -2.61. The first-order chi connectivity index (χ1) is 31.6. The predicted octanol–water partition coefficient (Wildman–Crippen LogP) is 15.6. The number of fused-ring (bicyclic) bond motifs is 10. The van der Waals surface area contributed by atoms with Crippen molar-refractivity contribution in [2.45, 2.75) is 136 Å². The van der Waals surface area contributed by atoms with Crippen molar-refractivity contribution >= 4 is 79.2 Å². The number of hydrogen-bond donors (Lipinski definition) is 0. The first-order valence-electron chi connectivity index (χ1n) is 24.9. The Hall–Kier alpha value is -6.00. The third-order valence-corrected chi connectivity index (χ3v) is 16.8. The monoisotopic (exact) mass is 877 g/mol. The molecule has 3 nitrogen and oxygen atoms in total. The molecule has 2 aliphatic heterocycles. The van der Waals surface area contributed by atoms with Crippen molar-refractivity contribution in [1.29, 1.82) is 0 Å². The number of benzene rings is 7. The molecule has 12 rings (SSSR count). The lowest BCUT2D eigenvalue weighted by atomic mass is 9.33. The Morgan fingerprint density at radius 2 is 1.13 bits per heavy atom. The van der Waals surface area contributed by atoms with Crippen LogP contribution in [-0.2, 0) is 27.1 Å². The molecule has 336 valence electrons. The molecule has 0 radical (unpaired) electrons. The normalized spacial score (nSPS) is 18.1. The Labute approximate surface area is 399 Å². The standard InChI is InChI=1S/C63H65BN2O/c1-37-29-53-56-54(30-37)66(50-26-23-40(59(3,4)5)32-43(50)39-19-15-14-16-20-39)57-48(25-24-42-41-21-17-18-22-55(41)67-58(42)57)64(56)49-33-45-47(63(12,13)36-62(45,10)11)35-52(49)65(53)51-34-46-44(31-38(51)2)60(6,7)27-28-61(46,8)9/h14-26,29-35H,27-28,36H2,1-13H3. The van der Waals surface area contributed by atoms with Gasteiger partial charge in [-0.05, 0) is 164 Å². The number of nitrogens with zero attached hydrogens (tertiary/aromatic N) is 2. The van der Waals surface area contributed by atoms with Crippen molar-refractivity contribution in [1.82, 2.24) is 0 Å². The maximum atomic E-state index is 7.18. The molecule has 0 bridgehead atoms. The topological polar surface area (TPSA) is 19.6 Å². The summed E-state index contributed by atoms with van der Waals surface area (Å²) >= 11 is 0. The second kappa shape index (κ2) is 13.8. The Morgan fingerprint density at radius 3 is 1.84 bits per heavy atom. The largest absolute Gasteiger partial charge is 0.454 e. The van der Waals surface area contributed by atoms with Crippen LogP contribution in [0.1, 0.15) is 134 Å². The van der Waals surface area contributed by atoms with Gasteiger partial charge in [-0.1, -0.05) is 155 Å². The van der Waals surface area contributed by atoms with Gasteiger partial charge in [0, 0.05) is 39.1 Å². The van der Waals surface area contributed by atoms with Crippen LogP contribution in [0, 0.1) is 13.8 Å². The second-order valence-corrected chi connectivity index (χ2v) is 24.5. The fourth-order valence-corrected chi connectivity index (χ4v) is 13.4. The zero-order chi connectivity index (χ0) is 46.9. The number of aryl methyl sites for hydroxylation is 2. The SMILES string of the molecule is Cc1cc2c3c(c1)N(c1ccc(C(C)(C)C)cc1-c1ccccc1)c1c(ccc4c1oc1ccccc14)B3c1cc3c(cc1N2c1cc2c(cc1C)C(C)(C)CCC2(C)C)C(C)(C)CC3(C)C. The van der Waals surface area contributed by atoms with Crippen molar-refractivity contribution in [3.63, 3.8) is 0 Å². The lowest BCUT2D eigenvalue weighted by Gasteiger charge is -2.46. The number of anilines is 6. The Bertz CT molecular complexity index is 3410. The van der Waals surface area contributed by atoms with Crippen LogP contribution in [0.2, 0.25) is 0 Å². The maximum absolute atomic E-state index is 7.18. The lowest BCUT2D eigenvalue weighted by molar-refractivity contribution is 0.332. The molecule has 4 aliphatic rings. The van der Waals surface area contributed by atoms with Crippen molar-refractivity contribution < 1.29 is 4.42 Å². The molecule has 7 aromatic carbocycles. The molecule has 67 heavy (non-hydrogen) atoms. The number of para-hydroxylation sites is 1. The van der Waals surface area contributed by atoms with Gasteiger partial charge in [-0.2, -0.15) is 0 Å². The Morgan fingerprint density at radius 1 is 0.522 bits per heavy atom. The highest BCUT2D eigenvalue weighted by Crippen LogP contribution is 2.56. The van der Waals surface area contributed by atoms with Crippen molar-refractivity contribution in [2.75, 3.05) is 9.80 Å². The van der Waals surface area contributed by atoms with Gasteiger partial charge in [0.15, 0.2) is 5.58 Å². The predicted molar refractivity (Wildman–Crippen MR) is 287 cm³/mol. The van der Waals surface area contributed by atoms with E-state index in [0.29, 0.717) is 0 Å². The van der Waals surface area contributed by atoms with Crippen LogP contribution < -0.4 is 26.2 Å². The molecule has 1 aromatic heterocycles. The molecule has 0 amide bonds. The van der Waals surface area contributed by atoms with Gasteiger partial charge in [-0.3, -0.25) is 0 Å². The molecule has 0 unspecified atom stereocenters. The molecule has 0 atom stereocenters. The van der Waals surface area contributed by atoms with E-state index in [1.807, 2.05) is 0 Å². The first kappa shape index (κ1) is 42.4. The van der Waals surface area contributed by atoms with Gasteiger partial charge in [-0.15, -0.1) is 0 Å². The molecule has 2 aliphatic carbocycles. The number of furan rings is 1. The van der Waals surface area contributed by atoms with Gasteiger partial charge >= 0.3 is 0 Å². The molecule has 0 saturated carbocycles. The number of hydrogen-bond acceptors (Lipinski definition) is 3. The maximum Gasteiger partial charge on any atom is 0.252 e. The van der Waals surface area contributed by atoms with Gasteiger partial charge in [0.25, 0.3) is 6.71 Å². The molecule has 0 spiro atoms. The fraction of sp³-hybridized carbons (Fsp3) is 0.333. The molecule has 4 heteroatoms. The minimum atomic E-state index is -0.0369. The van der Waals surface area contributed by atoms with Crippen LogP contribution in [0.3, 0.4) is 0 Å². The highest BCUT2D eigenvalue weighted by atomic mass is 16.3. The van der Waals surface area contributed by atoms with Crippen LogP contribution in [0.25, 0.3) is 33.1 Å². The Balaban J connectivity index is 1.24. The average molecular weight is 877 g/mol. The van der Waals surface area contributed by atoms with Gasteiger partial charge in [0.1, 0.15) is 5.58 Å². The van der Waals surface area contributed by atoms with E-state index in [2.05, 4.69) is 221 Å². The van der Waals surface area contributed by atoms with Crippen molar-refractivity contribution in [3.8, 4) is 11.1 Å². The summed E-state index contributed by atoms with van der Waals surface area (Å²) in [5, 5.41) is 2.29. The summed E-state index contributed by atoms with van der Waals surface area (Å²) in [6, 6.07) is 47.0. The van der Waals surface area contributed by atoms with Crippen LogP contribution in [0.15, 0.2) is 126 Å². The third kappa shape index (κ3) is 6.09. The van der Waals surface area contributed by atoms with Crippen molar-refractivity contribution in [3.05, 3.63) is 160 Å². The van der Waals surface area contributed by atoms with Crippen LogP contribution in [0.4, 0.5) is 34.1 Å². The van der Waals surface area contributed by atoms with E-state index in [1.165, 1.54) is 102 Å². The highest BCUT2D eigenvalue weighted by Gasteiger charge is 2.49. The van der Waals surface area contributed by atoms with Gasteiger partial charge in [0.2, 0.25) is 0 Å². The van der Waals surface area contributed by atoms with E-state index in [-0.39, 0.29) is 33.8 Å². The molecular formula is C63H65BN2O. The summed E-state index contributed by atoms with van der Waals surface area (Å²) in [6.45, 7) is 31.3. The molecule has 0 N–H and O–H groups in total. The van der Waals surface area contributed by atoms with Gasteiger partial charge in [0.05, 0.1) is 11.4 Å². The third-order valence-electron chi connectivity index (χ3n) is 16.8. The van der Waals surface area contributed by atoms with E-state index in [9.17, 15) is 0 Å². The summed E-state index contributed by atoms with van der Waals surface area (Å²) in [6.07, 6.45) is 3.47. The van der Waals surface area contributed by atoms with E-state index in [4.69, 9.17) is 4.42 Å². The van der Waals surface area contributed by atoms with E-state index in [1.54, 1.807) is 0 Å². The van der Waals surface area contributed by atoms with E-state index in [0.717, 1.165) is 39.7 Å². The molecule has 0 saturated heterocycles. The van der Waals surface area contributed by atoms with Crippen LogP contribution in [0.5, 0.6) is 0 Å².